The number of oxazole rings is 1. The third-order valence-corrected chi connectivity index (χ3v) is 1.58. The first-order valence-corrected chi connectivity index (χ1v) is 3.31. The van der Waals surface area contributed by atoms with Crippen LogP contribution in [0.4, 0.5) is 0 Å². The van der Waals surface area contributed by atoms with Crippen molar-refractivity contribution in [2.45, 2.75) is 18.8 Å². The van der Waals surface area contributed by atoms with E-state index >= 15 is 0 Å². The van der Waals surface area contributed by atoms with Crippen LogP contribution >= 0.6 is 0 Å². The van der Waals surface area contributed by atoms with Crippen LogP contribution in [0.25, 0.3) is 0 Å². The van der Waals surface area contributed by atoms with Crippen LogP contribution in [-0.2, 0) is 0 Å². The molecule has 0 spiro atoms. The smallest absolute Gasteiger partial charge is 0.198 e. The van der Waals surface area contributed by atoms with Crippen molar-refractivity contribution in [3.8, 4) is 0 Å². The molecular weight excluding hydrogens is 130 g/mol. The molecule has 3 nitrogen and oxygen atoms in total. The molecule has 52 valence electrons. The molecule has 0 aromatic carbocycles. The summed E-state index contributed by atoms with van der Waals surface area (Å²) in [4.78, 5) is 14.1. The maximum absolute atomic E-state index is 10.1. The molecule has 0 unspecified atom stereocenters. The van der Waals surface area contributed by atoms with Crippen LogP contribution < -0.4 is 0 Å². The lowest BCUT2D eigenvalue weighted by Crippen LogP contribution is -1.74. The molecule has 1 fully saturated rings. The monoisotopic (exact) mass is 137 g/mol. The zero-order chi connectivity index (χ0) is 6.97. The van der Waals surface area contributed by atoms with E-state index in [9.17, 15) is 4.79 Å². The molecule has 1 saturated carbocycles. The number of aromatic nitrogens is 1. The van der Waals surface area contributed by atoms with Gasteiger partial charge >= 0.3 is 0 Å². The number of aldehydes is 1. The van der Waals surface area contributed by atoms with E-state index in [4.69, 9.17) is 4.42 Å². The van der Waals surface area contributed by atoms with Crippen LogP contribution in [0.3, 0.4) is 0 Å². The van der Waals surface area contributed by atoms with E-state index in [1.54, 1.807) is 0 Å². The summed E-state index contributed by atoms with van der Waals surface area (Å²) in [5.74, 6) is 1.55. The average molecular weight is 137 g/mol. The van der Waals surface area contributed by atoms with Crippen molar-refractivity contribution >= 4 is 6.29 Å². The van der Waals surface area contributed by atoms with Crippen LogP contribution in [-0.4, -0.2) is 11.3 Å². The lowest BCUT2D eigenvalue weighted by molar-refractivity contribution is 0.109. The van der Waals surface area contributed by atoms with E-state index < -0.39 is 0 Å². The van der Waals surface area contributed by atoms with Gasteiger partial charge in [-0.05, 0) is 12.8 Å². The van der Waals surface area contributed by atoms with Crippen molar-refractivity contribution in [2.24, 2.45) is 0 Å². The van der Waals surface area contributed by atoms with Crippen molar-refractivity contribution in [1.29, 1.82) is 0 Å². The molecule has 0 amide bonds. The second-order valence-electron chi connectivity index (χ2n) is 2.49. The van der Waals surface area contributed by atoms with Gasteiger partial charge in [0.1, 0.15) is 0 Å². The Morgan fingerprint density at radius 2 is 2.50 bits per heavy atom. The minimum atomic E-state index is 0.335. The van der Waals surface area contributed by atoms with E-state index in [2.05, 4.69) is 4.98 Å². The second kappa shape index (κ2) is 1.94. The lowest BCUT2D eigenvalue weighted by Gasteiger charge is -1.82. The van der Waals surface area contributed by atoms with Gasteiger partial charge in [-0.15, -0.1) is 0 Å². The molecule has 0 bridgehead atoms. The zero-order valence-corrected chi connectivity index (χ0v) is 5.41. The highest BCUT2D eigenvalue weighted by molar-refractivity contribution is 5.69. The standard InChI is InChI=1S/C7H7NO2/c9-4-6-3-8-7(10-6)5-1-2-5/h3-5H,1-2H2. The summed E-state index contributed by atoms with van der Waals surface area (Å²) >= 11 is 0. The Bertz CT molecular complexity index is 250. The van der Waals surface area contributed by atoms with Gasteiger partial charge in [-0.1, -0.05) is 0 Å². The molecule has 1 heterocycles. The van der Waals surface area contributed by atoms with Gasteiger partial charge in [-0.2, -0.15) is 0 Å². The predicted octanol–water partition coefficient (Wildman–Crippen LogP) is 1.36. The Kier molecular flexibility index (Phi) is 1.09. The molecule has 1 aliphatic rings. The summed E-state index contributed by atoms with van der Waals surface area (Å²) in [5, 5.41) is 0. The topological polar surface area (TPSA) is 43.1 Å². The highest BCUT2D eigenvalue weighted by atomic mass is 16.4. The summed E-state index contributed by atoms with van der Waals surface area (Å²) in [6, 6.07) is 0. The van der Waals surface area contributed by atoms with Gasteiger partial charge < -0.3 is 4.42 Å². The highest BCUT2D eigenvalue weighted by Crippen LogP contribution is 2.39. The minimum Gasteiger partial charge on any atom is -0.438 e. The van der Waals surface area contributed by atoms with Crippen molar-refractivity contribution < 1.29 is 9.21 Å². The fourth-order valence-corrected chi connectivity index (χ4v) is 0.874. The van der Waals surface area contributed by atoms with Gasteiger partial charge in [0.25, 0.3) is 0 Å². The predicted molar refractivity (Wildman–Crippen MR) is 33.9 cm³/mol. The quantitative estimate of drug-likeness (QED) is 0.578. The van der Waals surface area contributed by atoms with Crippen LogP contribution in [0.2, 0.25) is 0 Å². The van der Waals surface area contributed by atoms with Gasteiger partial charge in [0.05, 0.1) is 6.20 Å². The number of hydrogen-bond donors (Lipinski definition) is 0. The van der Waals surface area contributed by atoms with Gasteiger partial charge in [0.2, 0.25) is 0 Å². The summed E-state index contributed by atoms with van der Waals surface area (Å²) in [6.07, 6.45) is 4.46. The van der Waals surface area contributed by atoms with E-state index in [0.29, 0.717) is 18.0 Å². The fourth-order valence-electron chi connectivity index (χ4n) is 0.874. The van der Waals surface area contributed by atoms with Crippen molar-refractivity contribution in [2.75, 3.05) is 0 Å². The second-order valence-corrected chi connectivity index (χ2v) is 2.49. The molecule has 0 atom stereocenters. The normalized spacial score (nSPS) is 17.2. The number of carbonyl (C=O) groups is 1. The molecule has 0 saturated heterocycles. The summed E-state index contributed by atoms with van der Waals surface area (Å²) in [5.41, 5.74) is 0. The first kappa shape index (κ1) is 5.65. The number of hydrogen-bond acceptors (Lipinski definition) is 3. The molecule has 1 aromatic heterocycles. The molecule has 3 heteroatoms. The summed E-state index contributed by atoms with van der Waals surface area (Å²) in [7, 11) is 0. The first-order valence-electron chi connectivity index (χ1n) is 3.31. The largest absolute Gasteiger partial charge is 0.438 e. The Morgan fingerprint density at radius 1 is 1.70 bits per heavy atom. The lowest BCUT2D eigenvalue weighted by atomic mass is 10.4. The Labute approximate surface area is 58.1 Å². The number of nitrogens with zero attached hydrogens (tertiary/aromatic N) is 1. The van der Waals surface area contributed by atoms with Crippen molar-refractivity contribution in [3.63, 3.8) is 0 Å². The van der Waals surface area contributed by atoms with E-state index in [1.807, 2.05) is 0 Å². The Hall–Kier alpha value is -1.12. The first-order chi connectivity index (χ1) is 4.90. The van der Waals surface area contributed by atoms with E-state index in [1.165, 1.54) is 6.20 Å². The Morgan fingerprint density at radius 3 is 3.00 bits per heavy atom. The Balaban J connectivity index is 2.26. The summed E-state index contributed by atoms with van der Waals surface area (Å²) < 4.78 is 5.08. The van der Waals surface area contributed by atoms with E-state index in [0.717, 1.165) is 18.7 Å². The van der Waals surface area contributed by atoms with Crippen LogP contribution in [0, 0.1) is 0 Å². The van der Waals surface area contributed by atoms with E-state index in [-0.39, 0.29) is 0 Å². The molecule has 2 rings (SSSR count). The van der Waals surface area contributed by atoms with Crippen LogP contribution in [0.1, 0.15) is 35.2 Å². The zero-order valence-electron chi connectivity index (χ0n) is 5.41. The van der Waals surface area contributed by atoms with Gasteiger partial charge in [-0.3, -0.25) is 4.79 Å². The fraction of sp³-hybridized carbons (Fsp3) is 0.429. The minimum absolute atomic E-state index is 0.335. The molecule has 10 heavy (non-hydrogen) atoms. The van der Waals surface area contributed by atoms with Gasteiger partial charge in [0, 0.05) is 5.92 Å². The average Bonchev–Trinajstić information content (AvgIpc) is 2.70. The molecular formula is C7H7NO2. The number of carbonyl (C=O) groups excluding carboxylic acids is 1. The summed E-state index contributed by atoms with van der Waals surface area (Å²) in [6.45, 7) is 0. The third-order valence-electron chi connectivity index (χ3n) is 1.58. The molecule has 0 N–H and O–H groups in total. The van der Waals surface area contributed by atoms with Gasteiger partial charge in [0.15, 0.2) is 17.9 Å². The maximum atomic E-state index is 10.1. The van der Waals surface area contributed by atoms with Gasteiger partial charge in [-0.25, -0.2) is 4.98 Å². The highest BCUT2D eigenvalue weighted by Gasteiger charge is 2.28. The molecule has 1 aromatic rings. The van der Waals surface area contributed by atoms with Crippen molar-refractivity contribution in [1.82, 2.24) is 4.98 Å². The van der Waals surface area contributed by atoms with Crippen LogP contribution in [0.15, 0.2) is 10.6 Å². The van der Waals surface area contributed by atoms with Crippen LogP contribution in [0.5, 0.6) is 0 Å². The number of rotatable bonds is 2. The molecule has 1 aliphatic carbocycles. The third kappa shape index (κ3) is 0.835. The SMILES string of the molecule is O=Cc1cnc(C2CC2)o1. The molecule has 0 radical (unpaired) electrons. The molecule has 0 aliphatic heterocycles. The van der Waals surface area contributed by atoms with Crippen molar-refractivity contribution in [3.05, 3.63) is 17.8 Å². The maximum Gasteiger partial charge on any atom is 0.198 e.